The quantitative estimate of drug-likeness (QED) is 0.703. The Bertz CT molecular complexity index is 147. The summed E-state index contributed by atoms with van der Waals surface area (Å²) in [5.41, 5.74) is 1.54. The molecule has 2 atom stereocenters. The standard InChI is InChI=1S/C9H15Cl2N/c10-6-3-7-12-9-5-2-1-4-8(9)11/h3,6,8-9,12H,1-2,4-5,7H2/b6-3+. The van der Waals surface area contributed by atoms with Crippen LogP contribution in [-0.2, 0) is 0 Å². The zero-order valence-corrected chi connectivity index (χ0v) is 8.61. The summed E-state index contributed by atoms with van der Waals surface area (Å²) >= 11 is 11.5. The molecular formula is C9H15Cl2N. The number of hydrogen-bond acceptors (Lipinski definition) is 1. The van der Waals surface area contributed by atoms with Crippen molar-refractivity contribution in [3.8, 4) is 0 Å². The van der Waals surface area contributed by atoms with E-state index in [0.29, 0.717) is 11.4 Å². The number of halogens is 2. The molecule has 0 spiro atoms. The Labute approximate surface area is 84.1 Å². The van der Waals surface area contributed by atoms with Crippen LogP contribution in [0.15, 0.2) is 11.6 Å². The van der Waals surface area contributed by atoms with Crippen LogP contribution in [0.3, 0.4) is 0 Å². The molecular weight excluding hydrogens is 193 g/mol. The smallest absolute Gasteiger partial charge is 0.0489 e. The Kier molecular flexibility index (Phi) is 5.05. The minimum Gasteiger partial charge on any atom is -0.309 e. The van der Waals surface area contributed by atoms with Crippen LogP contribution in [0.2, 0.25) is 0 Å². The van der Waals surface area contributed by atoms with Gasteiger partial charge < -0.3 is 5.32 Å². The normalized spacial score (nSPS) is 31.2. The topological polar surface area (TPSA) is 12.0 Å². The van der Waals surface area contributed by atoms with Crippen LogP contribution in [-0.4, -0.2) is 18.0 Å². The molecule has 0 saturated heterocycles. The van der Waals surface area contributed by atoms with Crippen LogP contribution >= 0.6 is 23.2 Å². The third-order valence-corrected chi connectivity index (χ3v) is 2.97. The van der Waals surface area contributed by atoms with E-state index in [1.165, 1.54) is 19.3 Å². The first-order chi connectivity index (χ1) is 5.84. The van der Waals surface area contributed by atoms with E-state index in [4.69, 9.17) is 23.2 Å². The van der Waals surface area contributed by atoms with Crippen molar-refractivity contribution in [1.82, 2.24) is 5.32 Å². The zero-order valence-electron chi connectivity index (χ0n) is 7.10. The lowest BCUT2D eigenvalue weighted by Crippen LogP contribution is -2.39. The van der Waals surface area contributed by atoms with Gasteiger partial charge in [-0.05, 0) is 12.8 Å². The molecule has 1 saturated carbocycles. The Morgan fingerprint density at radius 1 is 1.33 bits per heavy atom. The lowest BCUT2D eigenvalue weighted by Gasteiger charge is -2.27. The second-order valence-corrected chi connectivity index (χ2v) is 3.99. The van der Waals surface area contributed by atoms with E-state index in [-0.39, 0.29) is 0 Å². The van der Waals surface area contributed by atoms with Gasteiger partial charge in [-0.1, -0.05) is 30.5 Å². The Morgan fingerprint density at radius 2 is 2.08 bits per heavy atom. The summed E-state index contributed by atoms with van der Waals surface area (Å²) in [6.45, 7) is 0.831. The van der Waals surface area contributed by atoms with Crippen molar-refractivity contribution in [2.45, 2.75) is 37.1 Å². The molecule has 12 heavy (non-hydrogen) atoms. The van der Waals surface area contributed by atoms with E-state index < -0.39 is 0 Å². The lowest BCUT2D eigenvalue weighted by atomic mass is 9.95. The molecule has 1 rings (SSSR count). The molecule has 3 heteroatoms. The molecule has 1 aliphatic rings. The third kappa shape index (κ3) is 3.34. The first kappa shape index (κ1) is 10.4. The van der Waals surface area contributed by atoms with E-state index >= 15 is 0 Å². The first-order valence-corrected chi connectivity index (χ1v) is 5.34. The van der Waals surface area contributed by atoms with Crippen LogP contribution in [0.5, 0.6) is 0 Å². The van der Waals surface area contributed by atoms with Crippen LogP contribution in [0.4, 0.5) is 0 Å². The van der Waals surface area contributed by atoms with Crippen LogP contribution in [0.25, 0.3) is 0 Å². The van der Waals surface area contributed by atoms with Crippen LogP contribution in [0.1, 0.15) is 25.7 Å². The molecule has 70 valence electrons. The monoisotopic (exact) mass is 207 g/mol. The SMILES string of the molecule is Cl/C=C/CNC1CCCCC1Cl. The summed E-state index contributed by atoms with van der Waals surface area (Å²) < 4.78 is 0. The maximum Gasteiger partial charge on any atom is 0.0489 e. The molecule has 0 aromatic rings. The summed E-state index contributed by atoms with van der Waals surface area (Å²) in [7, 11) is 0. The second kappa shape index (κ2) is 5.85. The van der Waals surface area contributed by atoms with Gasteiger partial charge in [0.05, 0.1) is 0 Å². The van der Waals surface area contributed by atoms with Crippen molar-refractivity contribution in [1.29, 1.82) is 0 Å². The Morgan fingerprint density at radius 3 is 2.75 bits per heavy atom. The van der Waals surface area contributed by atoms with E-state index in [9.17, 15) is 0 Å². The molecule has 0 heterocycles. The number of rotatable bonds is 3. The molecule has 0 radical (unpaired) electrons. The van der Waals surface area contributed by atoms with Gasteiger partial charge in [-0.25, -0.2) is 0 Å². The number of hydrogen-bond donors (Lipinski definition) is 1. The van der Waals surface area contributed by atoms with Crippen molar-refractivity contribution >= 4 is 23.2 Å². The number of alkyl halides is 1. The predicted molar refractivity (Wildman–Crippen MR) is 54.9 cm³/mol. The van der Waals surface area contributed by atoms with Crippen molar-refractivity contribution in [3.63, 3.8) is 0 Å². The van der Waals surface area contributed by atoms with E-state index in [0.717, 1.165) is 13.0 Å². The Hall–Kier alpha value is 0.280. The van der Waals surface area contributed by atoms with E-state index in [1.54, 1.807) is 5.54 Å². The average molecular weight is 208 g/mol. The maximum atomic E-state index is 6.14. The van der Waals surface area contributed by atoms with Crippen LogP contribution < -0.4 is 5.32 Å². The highest BCUT2D eigenvalue weighted by molar-refractivity contribution is 6.25. The van der Waals surface area contributed by atoms with Gasteiger partial charge in [0.25, 0.3) is 0 Å². The molecule has 0 bridgehead atoms. The second-order valence-electron chi connectivity index (χ2n) is 3.18. The highest BCUT2D eigenvalue weighted by Gasteiger charge is 2.21. The van der Waals surface area contributed by atoms with Crippen LogP contribution in [0, 0.1) is 0 Å². The van der Waals surface area contributed by atoms with Crippen molar-refractivity contribution in [2.75, 3.05) is 6.54 Å². The van der Waals surface area contributed by atoms with Gasteiger partial charge in [-0.3, -0.25) is 0 Å². The van der Waals surface area contributed by atoms with Crippen molar-refractivity contribution in [2.24, 2.45) is 0 Å². The highest BCUT2D eigenvalue weighted by Crippen LogP contribution is 2.22. The Balaban J connectivity index is 2.20. The molecule has 0 aromatic carbocycles. The molecule has 0 aromatic heterocycles. The van der Waals surface area contributed by atoms with Gasteiger partial charge in [-0.15, -0.1) is 11.6 Å². The van der Waals surface area contributed by atoms with Crippen molar-refractivity contribution < 1.29 is 0 Å². The third-order valence-electron chi connectivity index (χ3n) is 2.27. The molecule has 0 aliphatic heterocycles. The summed E-state index contributed by atoms with van der Waals surface area (Å²) in [5, 5.41) is 3.68. The summed E-state index contributed by atoms with van der Waals surface area (Å²) in [6, 6.07) is 0.480. The lowest BCUT2D eigenvalue weighted by molar-refractivity contribution is 0.391. The first-order valence-electron chi connectivity index (χ1n) is 4.47. The van der Waals surface area contributed by atoms with Gasteiger partial charge in [0.2, 0.25) is 0 Å². The molecule has 1 aliphatic carbocycles. The largest absolute Gasteiger partial charge is 0.309 e. The fourth-order valence-electron chi connectivity index (χ4n) is 1.58. The average Bonchev–Trinajstić information content (AvgIpc) is 2.09. The predicted octanol–water partition coefficient (Wildman–Crippen LogP) is 2.88. The highest BCUT2D eigenvalue weighted by atomic mass is 35.5. The maximum absolute atomic E-state index is 6.14. The molecule has 2 unspecified atom stereocenters. The molecule has 1 N–H and O–H groups in total. The molecule has 0 amide bonds. The summed E-state index contributed by atoms with van der Waals surface area (Å²) in [5.74, 6) is 0. The van der Waals surface area contributed by atoms with Gasteiger partial charge in [0.1, 0.15) is 0 Å². The fraction of sp³-hybridized carbons (Fsp3) is 0.778. The molecule has 1 fully saturated rings. The summed E-state index contributed by atoms with van der Waals surface area (Å²) in [6.07, 6.45) is 6.82. The minimum atomic E-state index is 0.308. The fourth-order valence-corrected chi connectivity index (χ4v) is 2.04. The van der Waals surface area contributed by atoms with Gasteiger partial charge in [-0.2, -0.15) is 0 Å². The zero-order chi connectivity index (χ0) is 8.81. The summed E-state index contributed by atoms with van der Waals surface area (Å²) in [4.78, 5) is 0. The van der Waals surface area contributed by atoms with Crippen molar-refractivity contribution in [3.05, 3.63) is 11.6 Å². The number of nitrogens with one attached hydrogen (secondary N) is 1. The van der Waals surface area contributed by atoms with E-state index in [1.807, 2.05) is 6.08 Å². The van der Waals surface area contributed by atoms with Gasteiger partial charge in [0, 0.05) is 23.5 Å². The minimum absolute atomic E-state index is 0.308. The van der Waals surface area contributed by atoms with E-state index in [2.05, 4.69) is 5.32 Å². The molecule has 1 nitrogen and oxygen atoms in total. The van der Waals surface area contributed by atoms with Gasteiger partial charge >= 0.3 is 0 Å². The van der Waals surface area contributed by atoms with Gasteiger partial charge in [0.15, 0.2) is 0 Å².